The van der Waals surface area contributed by atoms with Gasteiger partial charge in [-0.25, -0.2) is 9.97 Å². The molecule has 0 aliphatic carbocycles. The van der Waals surface area contributed by atoms with E-state index in [2.05, 4.69) is 39.4 Å². The van der Waals surface area contributed by atoms with Gasteiger partial charge in [-0.05, 0) is 60.8 Å². The van der Waals surface area contributed by atoms with Gasteiger partial charge in [-0.15, -0.1) is 0 Å². The molecule has 3 aromatic heterocycles. The molecule has 1 aliphatic rings. The molecular formula is C19H21N5S. The van der Waals surface area contributed by atoms with Crippen LogP contribution in [0.15, 0.2) is 41.2 Å². The summed E-state index contributed by atoms with van der Waals surface area (Å²) in [6.07, 6.45) is 3.72. The van der Waals surface area contributed by atoms with Crippen LogP contribution in [-0.2, 0) is 19.4 Å². The highest BCUT2D eigenvalue weighted by molar-refractivity contribution is 7.07. The molecule has 2 N–H and O–H groups in total. The fourth-order valence-corrected chi connectivity index (χ4v) is 3.82. The standard InChI is InChI=1S/C19H21N5S/c1-13(10-14-6-9-25-12-14)22-18-15-5-8-20-11-17(15)23-19(24-18)16-4-2-3-7-21-16/h2-4,6-7,9,12-13,20H,5,8,10-11H2,1H3,(H,22,23,24)/t13-/m0/s1. The molecule has 25 heavy (non-hydrogen) atoms. The van der Waals surface area contributed by atoms with E-state index in [1.165, 1.54) is 11.1 Å². The van der Waals surface area contributed by atoms with Crippen LogP contribution in [0.25, 0.3) is 11.5 Å². The van der Waals surface area contributed by atoms with Crippen LogP contribution in [0.1, 0.15) is 23.7 Å². The Morgan fingerprint density at radius 3 is 3.04 bits per heavy atom. The second kappa shape index (κ2) is 7.29. The molecule has 0 saturated heterocycles. The van der Waals surface area contributed by atoms with Gasteiger partial charge < -0.3 is 10.6 Å². The minimum Gasteiger partial charge on any atom is -0.367 e. The minimum atomic E-state index is 0.306. The van der Waals surface area contributed by atoms with Crippen LogP contribution in [0.5, 0.6) is 0 Å². The van der Waals surface area contributed by atoms with Gasteiger partial charge in [0.2, 0.25) is 0 Å². The summed E-state index contributed by atoms with van der Waals surface area (Å²) < 4.78 is 0. The number of nitrogens with zero attached hydrogens (tertiary/aromatic N) is 3. The maximum atomic E-state index is 4.82. The van der Waals surface area contributed by atoms with Crippen molar-refractivity contribution in [2.45, 2.75) is 32.4 Å². The average molecular weight is 351 g/mol. The van der Waals surface area contributed by atoms with E-state index in [1.54, 1.807) is 17.5 Å². The number of hydrogen-bond donors (Lipinski definition) is 2. The molecule has 0 unspecified atom stereocenters. The largest absolute Gasteiger partial charge is 0.367 e. The first-order valence-electron chi connectivity index (χ1n) is 8.59. The molecule has 6 heteroatoms. The van der Waals surface area contributed by atoms with Crippen LogP contribution >= 0.6 is 11.3 Å². The SMILES string of the molecule is C[C@@H](Cc1ccsc1)Nc1nc(-c2ccccn2)nc2c1CCNC2. The lowest BCUT2D eigenvalue weighted by atomic mass is 10.1. The monoisotopic (exact) mass is 351 g/mol. The molecule has 3 aromatic rings. The van der Waals surface area contributed by atoms with Crippen LogP contribution in [0.3, 0.4) is 0 Å². The van der Waals surface area contributed by atoms with Crippen LogP contribution < -0.4 is 10.6 Å². The molecule has 0 amide bonds. The van der Waals surface area contributed by atoms with E-state index in [-0.39, 0.29) is 0 Å². The van der Waals surface area contributed by atoms with Gasteiger partial charge in [0.05, 0.1) is 5.69 Å². The predicted octanol–water partition coefficient (Wildman–Crippen LogP) is 3.29. The molecule has 0 bridgehead atoms. The van der Waals surface area contributed by atoms with Crippen molar-refractivity contribution in [3.8, 4) is 11.5 Å². The van der Waals surface area contributed by atoms with E-state index >= 15 is 0 Å². The molecule has 1 aliphatic heterocycles. The smallest absolute Gasteiger partial charge is 0.180 e. The highest BCUT2D eigenvalue weighted by Crippen LogP contribution is 2.25. The lowest BCUT2D eigenvalue weighted by Crippen LogP contribution is -2.28. The Balaban J connectivity index is 1.65. The second-order valence-corrected chi connectivity index (χ2v) is 7.12. The zero-order valence-corrected chi connectivity index (χ0v) is 15.0. The third-order valence-electron chi connectivity index (χ3n) is 4.34. The summed E-state index contributed by atoms with van der Waals surface area (Å²) in [7, 11) is 0. The number of aromatic nitrogens is 3. The molecule has 0 spiro atoms. The van der Waals surface area contributed by atoms with Crippen LogP contribution in [-0.4, -0.2) is 27.5 Å². The van der Waals surface area contributed by atoms with Gasteiger partial charge in [-0.3, -0.25) is 4.98 Å². The molecule has 5 nitrogen and oxygen atoms in total. The number of hydrogen-bond acceptors (Lipinski definition) is 6. The lowest BCUT2D eigenvalue weighted by molar-refractivity contribution is 0.623. The normalized spacial score (nSPS) is 14.8. The molecule has 4 heterocycles. The highest BCUT2D eigenvalue weighted by Gasteiger charge is 2.19. The topological polar surface area (TPSA) is 62.7 Å². The Morgan fingerprint density at radius 1 is 1.28 bits per heavy atom. The summed E-state index contributed by atoms with van der Waals surface area (Å²) in [6.45, 7) is 3.95. The third kappa shape index (κ3) is 3.70. The van der Waals surface area contributed by atoms with Gasteiger partial charge in [-0.2, -0.15) is 11.3 Å². The van der Waals surface area contributed by atoms with Gasteiger partial charge >= 0.3 is 0 Å². The zero-order chi connectivity index (χ0) is 17.1. The summed E-state index contributed by atoms with van der Waals surface area (Å²) in [4.78, 5) is 14.0. The second-order valence-electron chi connectivity index (χ2n) is 6.34. The van der Waals surface area contributed by atoms with Gasteiger partial charge in [0.15, 0.2) is 5.82 Å². The predicted molar refractivity (Wildman–Crippen MR) is 102 cm³/mol. The maximum Gasteiger partial charge on any atom is 0.180 e. The lowest BCUT2D eigenvalue weighted by Gasteiger charge is -2.23. The fraction of sp³-hybridized carbons (Fsp3) is 0.316. The van der Waals surface area contributed by atoms with Crippen molar-refractivity contribution in [3.63, 3.8) is 0 Å². The van der Waals surface area contributed by atoms with E-state index < -0.39 is 0 Å². The van der Waals surface area contributed by atoms with Crippen molar-refractivity contribution >= 4 is 17.2 Å². The van der Waals surface area contributed by atoms with E-state index in [4.69, 9.17) is 9.97 Å². The molecule has 0 saturated carbocycles. The van der Waals surface area contributed by atoms with E-state index in [0.29, 0.717) is 11.9 Å². The molecule has 1 atom stereocenters. The van der Waals surface area contributed by atoms with Gasteiger partial charge in [0.1, 0.15) is 11.5 Å². The Hall–Kier alpha value is -2.31. The highest BCUT2D eigenvalue weighted by atomic mass is 32.1. The summed E-state index contributed by atoms with van der Waals surface area (Å²) in [6, 6.07) is 8.32. The van der Waals surface area contributed by atoms with E-state index in [9.17, 15) is 0 Å². The Morgan fingerprint density at radius 2 is 2.24 bits per heavy atom. The average Bonchev–Trinajstić information content (AvgIpc) is 3.15. The van der Waals surface area contributed by atoms with Crippen molar-refractivity contribution in [3.05, 3.63) is 58.0 Å². The Bertz CT molecular complexity index is 833. The summed E-state index contributed by atoms with van der Waals surface area (Å²) >= 11 is 1.74. The number of pyridine rings is 1. The molecule has 4 rings (SSSR count). The summed E-state index contributed by atoms with van der Waals surface area (Å²) in [5.41, 5.74) is 4.48. The van der Waals surface area contributed by atoms with Crippen LogP contribution in [0.2, 0.25) is 0 Å². The first kappa shape index (κ1) is 16.2. The number of fused-ring (bicyclic) bond motifs is 1. The molecule has 0 aromatic carbocycles. The Labute approximate surface area is 151 Å². The van der Waals surface area contributed by atoms with Gasteiger partial charge in [-0.1, -0.05) is 6.07 Å². The molecule has 128 valence electrons. The van der Waals surface area contributed by atoms with Crippen molar-refractivity contribution < 1.29 is 0 Å². The van der Waals surface area contributed by atoms with Crippen molar-refractivity contribution in [2.24, 2.45) is 0 Å². The van der Waals surface area contributed by atoms with Gasteiger partial charge in [0, 0.05) is 24.3 Å². The van der Waals surface area contributed by atoms with Crippen molar-refractivity contribution in [2.75, 3.05) is 11.9 Å². The molecule has 0 fully saturated rings. The summed E-state index contributed by atoms with van der Waals surface area (Å²) in [5.74, 6) is 1.64. The Kier molecular flexibility index (Phi) is 4.72. The maximum absolute atomic E-state index is 4.82. The first-order valence-corrected chi connectivity index (χ1v) is 9.53. The van der Waals surface area contributed by atoms with Crippen LogP contribution in [0.4, 0.5) is 5.82 Å². The zero-order valence-electron chi connectivity index (χ0n) is 14.2. The molecular weight excluding hydrogens is 330 g/mol. The van der Waals surface area contributed by atoms with Gasteiger partial charge in [0.25, 0.3) is 0 Å². The van der Waals surface area contributed by atoms with E-state index in [0.717, 1.165) is 43.1 Å². The number of anilines is 1. The number of thiophene rings is 1. The van der Waals surface area contributed by atoms with E-state index in [1.807, 2.05) is 18.2 Å². The minimum absolute atomic E-state index is 0.306. The molecule has 0 radical (unpaired) electrons. The summed E-state index contributed by atoms with van der Waals surface area (Å²) in [5, 5.41) is 11.3. The third-order valence-corrected chi connectivity index (χ3v) is 5.07. The first-order chi connectivity index (χ1) is 12.3. The number of rotatable bonds is 5. The van der Waals surface area contributed by atoms with Crippen molar-refractivity contribution in [1.82, 2.24) is 20.3 Å². The van der Waals surface area contributed by atoms with Crippen LogP contribution in [0, 0.1) is 0 Å². The quantitative estimate of drug-likeness (QED) is 0.738. The number of nitrogens with one attached hydrogen (secondary N) is 2. The van der Waals surface area contributed by atoms with Crippen molar-refractivity contribution in [1.29, 1.82) is 0 Å². The fourth-order valence-electron chi connectivity index (χ4n) is 3.14.